The summed E-state index contributed by atoms with van der Waals surface area (Å²) in [5, 5.41) is 14.1. The second-order valence-electron chi connectivity index (χ2n) is 8.11. The fourth-order valence-corrected chi connectivity index (χ4v) is 4.25. The molecule has 2 fully saturated rings. The second kappa shape index (κ2) is 9.15. The maximum atomic E-state index is 13.0. The smallest absolute Gasteiger partial charge is 0.353 e. The number of carbonyl (C=O) groups is 3. The normalized spacial score (nSPS) is 24.5. The first-order chi connectivity index (χ1) is 16.0. The van der Waals surface area contributed by atoms with Crippen LogP contribution in [0.2, 0.25) is 5.02 Å². The van der Waals surface area contributed by atoms with E-state index in [9.17, 15) is 27.6 Å². The third-order valence-electron chi connectivity index (χ3n) is 5.81. The quantitative estimate of drug-likeness (QED) is 0.448. The largest absolute Gasteiger partial charge is 0.416 e. The van der Waals surface area contributed by atoms with Gasteiger partial charge in [-0.2, -0.15) is 13.2 Å². The van der Waals surface area contributed by atoms with Gasteiger partial charge in [0.15, 0.2) is 6.29 Å². The molecular weight excluding hydrogens is 475 g/mol. The van der Waals surface area contributed by atoms with Crippen molar-refractivity contribution >= 4 is 40.7 Å². The van der Waals surface area contributed by atoms with E-state index in [2.05, 4.69) is 26.6 Å². The van der Waals surface area contributed by atoms with E-state index in [4.69, 9.17) is 11.6 Å². The fourth-order valence-electron chi connectivity index (χ4n) is 4.07. The molecule has 0 spiro atoms. The van der Waals surface area contributed by atoms with E-state index in [1.807, 2.05) is 0 Å². The summed E-state index contributed by atoms with van der Waals surface area (Å²) in [6.45, 7) is 1.73. The minimum Gasteiger partial charge on any atom is -0.353 e. The molecule has 2 heterocycles. The minimum atomic E-state index is -4.52. The third kappa shape index (κ3) is 4.95. The molecule has 4 atom stereocenters. The molecule has 34 heavy (non-hydrogen) atoms. The summed E-state index contributed by atoms with van der Waals surface area (Å²) in [6, 6.07) is 9.49. The van der Waals surface area contributed by atoms with Crippen LogP contribution in [-0.4, -0.2) is 30.2 Å². The van der Waals surface area contributed by atoms with Gasteiger partial charge in [-0.05, 0) is 42.8 Å². The van der Waals surface area contributed by atoms with Crippen LogP contribution in [0.15, 0.2) is 42.5 Å². The van der Waals surface area contributed by atoms with Gasteiger partial charge in [0.1, 0.15) is 0 Å². The van der Waals surface area contributed by atoms with Crippen molar-refractivity contribution < 1.29 is 27.6 Å². The van der Waals surface area contributed by atoms with Crippen LogP contribution in [0.4, 0.5) is 24.5 Å². The Morgan fingerprint density at radius 3 is 2.59 bits per heavy atom. The van der Waals surface area contributed by atoms with Gasteiger partial charge in [-0.3, -0.25) is 19.7 Å². The summed E-state index contributed by atoms with van der Waals surface area (Å²) in [5.41, 5.74) is 0.370. The molecule has 8 nitrogen and oxygen atoms in total. The van der Waals surface area contributed by atoms with Gasteiger partial charge >= 0.3 is 6.18 Å². The summed E-state index contributed by atoms with van der Waals surface area (Å²) in [6.07, 6.45) is -6.61. The van der Waals surface area contributed by atoms with E-state index in [0.717, 1.165) is 12.1 Å². The fraction of sp³-hybridized carbons (Fsp3) is 0.318. The zero-order valence-corrected chi connectivity index (χ0v) is 18.6. The van der Waals surface area contributed by atoms with Crippen LogP contribution < -0.4 is 26.6 Å². The lowest BCUT2D eigenvalue weighted by Crippen LogP contribution is -2.72. The molecule has 2 aromatic rings. The van der Waals surface area contributed by atoms with Crippen molar-refractivity contribution in [3.8, 4) is 0 Å². The average Bonchev–Trinajstić information content (AvgIpc) is 2.75. The van der Waals surface area contributed by atoms with Crippen LogP contribution in [0.5, 0.6) is 0 Å². The van der Waals surface area contributed by atoms with Gasteiger partial charge in [-0.25, -0.2) is 0 Å². The van der Waals surface area contributed by atoms with Crippen molar-refractivity contribution in [3.63, 3.8) is 0 Å². The van der Waals surface area contributed by atoms with Gasteiger partial charge in [0, 0.05) is 22.8 Å². The Morgan fingerprint density at radius 1 is 1.12 bits per heavy atom. The van der Waals surface area contributed by atoms with Crippen molar-refractivity contribution in [2.45, 2.75) is 32.0 Å². The molecule has 0 aliphatic carbocycles. The predicted octanol–water partition coefficient (Wildman–Crippen LogP) is 2.80. The Balaban J connectivity index is 1.49. The van der Waals surface area contributed by atoms with Gasteiger partial charge in [0.05, 0.1) is 23.6 Å². The van der Waals surface area contributed by atoms with Crippen molar-refractivity contribution in [1.29, 1.82) is 0 Å². The Morgan fingerprint density at radius 2 is 1.85 bits per heavy atom. The number of rotatable bonds is 4. The Hall–Kier alpha value is -3.31. The number of piperidine rings is 1. The molecule has 2 saturated heterocycles. The lowest BCUT2D eigenvalue weighted by Gasteiger charge is -2.43. The first kappa shape index (κ1) is 23.8. The number of benzene rings is 2. The zero-order chi connectivity index (χ0) is 24.6. The Bertz CT molecular complexity index is 1140. The van der Waals surface area contributed by atoms with Gasteiger partial charge in [0.2, 0.25) is 17.7 Å². The molecule has 0 aromatic heterocycles. The van der Waals surface area contributed by atoms with E-state index < -0.39 is 53.8 Å². The number of amides is 3. The molecule has 180 valence electrons. The molecule has 4 rings (SSSR count). The van der Waals surface area contributed by atoms with E-state index in [1.54, 1.807) is 25.1 Å². The minimum absolute atomic E-state index is 0.110. The van der Waals surface area contributed by atoms with Crippen LogP contribution in [-0.2, 0) is 20.6 Å². The van der Waals surface area contributed by atoms with E-state index in [0.29, 0.717) is 16.3 Å². The summed E-state index contributed by atoms with van der Waals surface area (Å²) in [5.74, 6) is -3.40. The van der Waals surface area contributed by atoms with Crippen LogP contribution >= 0.6 is 11.6 Å². The first-order valence-corrected chi connectivity index (χ1v) is 10.8. The highest BCUT2D eigenvalue weighted by molar-refractivity contribution is 6.31. The lowest BCUT2D eigenvalue weighted by atomic mass is 9.81. The lowest BCUT2D eigenvalue weighted by molar-refractivity contribution is -0.144. The second-order valence-corrected chi connectivity index (χ2v) is 8.52. The third-order valence-corrected chi connectivity index (χ3v) is 6.22. The molecule has 5 N–H and O–H groups in total. The van der Waals surface area contributed by atoms with E-state index in [1.165, 1.54) is 12.1 Å². The molecule has 0 radical (unpaired) electrons. The molecule has 3 amide bonds. The maximum Gasteiger partial charge on any atom is 0.416 e. The van der Waals surface area contributed by atoms with Crippen LogP contribution in [0, 0.1) is 18.8 Å². The SMILES string of the molecule is Cc1c(Cl)cccc1NC(=O)C1CC(=O)NC2NC(Nc3cccc(C(F)(F)F)c3)NC(=O)C21. The molecule has 0 saturated carbocycles. The summed E-state index contributed by atoms with van der Waals surface area (Å²) in [7, 11) is 0. The summed E-state index contributed by atoms with van der Waals surface area (Å²) in [4.78, 5) is 38.2. The first-order valence-electron chi connectivity index (χ1n) is 10.4. The zero-order valence-electron chi connectivity index (χ0n) is 17.8. The molecule has 2 aromatic carbocycles. The van der Waals surface area contributed by atoms with E-state index >= 15 is 0 Å². The number of anilines is 2. The Labute approximate surface area is 197 Å². The highest BCUT2D eigenvalue weighted by atomic mass is 35.5. The molecule has 2 aliphatic rings. The number of halogens is 4. The molecule has 12 heteroatoms. The Kier molecular flexibility index (Phi) is 6.41. The van der Waals surface area contributed by atoms with E-state index in [-0.39, 0.29) is 12.1 Å². The highest BCUT2D eigenvalue weighted by Crippen LogP contribution is 2.32. The number of nitrogens with one attached hydrogen (secondary N) is 5. The molecular formula is C22H21ClF3N5O3. The number of carbonyl (C=O) groups excluding carboxylic acids is 3. The van der Waals surface area contributed by atoms with Gasteiger partial charge in [-0.15, -0.1) is 0 Å². The van der Waals surface area contributed by atoms with Crippen LogP contribution in [0.25, 0.3) is 0 Å². The van der Waals surface area contributed by atoms with Crippen molar-refractivity contribution in [1.82, 2.24) is 16.0 Å². The van der Waals surface area contributed by atoms with Crippen molar-refractivity contribution in [2.24, 2.45) is 11.8 Å². The number of fused-ring (bicyclic) bond motifs is 1. The maximum absolute atomic E-state index is 13.0. The number of alkyl halides is 3. The van der Waals surface area contributed by atoms with Crippen LogP contribution in [0.1, 0.15) is 17.5 Å². The monoisotopic (exact) mass is 495 g/mol. The van der Waals surface area contributed by atoms with Crippen LogP contribution in [0.3, 0.4) is 0 Å². The molecule has 0 bridgehead atoms. The number of hydrogen-bond acceptors (Lipinski definition) is 5. The molecule has 4 unspecified atom stereocenters. The summed E-state index contributed by atoms with van der Waals surface area (Å²) >= 11 is 6.10. The average molecular weight is 496 g/mol. The van der Waals surface area contributed by atoms with Crippen molar-refractivity contribution in [3.05, 3.63) is 58.6 Å². The topological polar surface area (TPSA) is 111 Å². The standard InChI is InChI=1S/C22H21ClF3N5O3/c1-10-14(23)6-3-7-15(10)28-19(33)13-9-16(32)29-18-17(13)20(34)31-21(30-18)27-12-5-2-4-11(8-12)22(24,25)26/h2-8,13,17-18,21,27,30H,9H2,1H3,(H,28,33)(H,29,32)(H,31,34). The molecule has 2 aliphatic heterocycles. The van der Waals surface area contributed by atoms with Gasteiger partial charge < -0.3 is 21.3 Å². The highest BCUT2D eigenvalue weighted by Gasteiger charge is 2.48. The van der Waals surface area contributed by atoms with Gasteiger partial charge in [-0.1, -0.05) is 23.7 Å². The summed E-state index contributed by atoms with van der Waals surface area (Å²) < 4.78 is 39.0. The van der Waals surface area contributed by atoms with Crippen molar-refractivity contribution in [2.75, 3.05) is 10.6 Å². The van der Waals surface area contributed by atoms with Gasteiger partial charge in [0.25, 0.3) is 0 Å². The number of hydrogen-bond donors (Lipinski definition) is 5. The predicted molar refractivity (Wildman–Crippen MR) is 118 cm³/mol.